The molecule has 57 heavy (non-hydrogen) atoms. The molecule has 2 aliphatic carbocycles. The Kier molecular flexibility index (Phi) is 6.84. The van der Waals surface area contributed by atoms with Crippen molar-refractivity contribution in [2.75, 3.05) is 0 Å². The number of para-hydroxylation sites is 2. The Bertz CT molecular complexity index is 3310. The molecule has 2 nitrogen and oxygen atoms in total. The Balaban J connectivity index is 1.09. The van der Waals surface area contributed by atoms with Gasteiger partial charge in [0, 0.05) is 39.0 Å². The first-order valence-electron chi connectivity index (χ1n) is 20.2. The van der Waals surface area contributed by atoms with Gasteiger partial charge in [-0.25, -0.2) is 0 Å². The lowest BCUT2D eigenvalue weighted by molar-refractivity contribution is 0.658. The lowest BCUT2D eigenvalue weighted by atomic mass is 9.76. The highest BCUT2D eigenvalue weighted by atomic mass is 15.0. The molecule has 0 fully saturated rings. The highest BCUT2D eigenvalue weighted by molar-refractivity contribution is 6.11. The van der Waals surface area contributed by atoms with Gasteiger partial charge in [-0.1, -0.05) is 129 Å². The smallest absolute Gasteiger partial charge is 0.0541 e. The van der Waals surface area contributed by atoms with Crippen molar-refractivity contribution in [3.8, 4) is 50.2 Å². The van der Waals surface area contributed by atoms with E-state index >= 15 is 0 Å². The minimum Gasteiger partial charge on any atom is -0.361 e. The molecule has 0 bridgehead atoms. The maximum absolute atomic E-state index is 3.43. The highest BCUT2D eigenvalue weighted by Crippen LogP contribution is 2.56. The molecule has 1 N–H and O–H groups in total. The topological polar surface area (TPSA) is 20.7 Å². The molecule has 0 spiro atoms. The van der Waals surface area contributed by atoms with Gasteiger partial charge in [-0.05, 0) is 145 Å². The predicted octanol–water partition coefficient (Wildman–Crippen LogP) is 14.7. The summed E-state index contributed by atoms with van der Waals surface area (Å²) in [6, 6.07) is 58.9. The molecule has 2 aromatic heterocycles. The van der Waals surface area contributed by atoms with Crippen molar-refractivity contribution in [2.24, 2.45) is 0 Å². The molecule has 8 aromatic carbocycles. The van der Waals surface area contributed by atoms with Crippen LogP contribution in [0.5, 0.6) is 0 Å². The SMILES string of the molecule is CC1(C)c2cc(-c3ccc(-c4cccc5[nH]ccc45)cc3-c3ccc4c(c3)c3ccccc3n4-c3ccccc3)ccc2-c2c1c1c(c3ccccc23)CCC=C1. The van der Waals surface area contributed by atoms with Crippen LogP contribution in [0.25, 0.3) is 99.8 Å². The van der Waals surface area contributed by atoms with Gasteiger partial charge in [0.2, 0.25) is 0 Å². The van der Waals surface area contributed by atoms with Crippen LogP contribution < -0.4 is 0 Å². The van der Waals surface area contributed by atoms with Crippen molar-refractivity contribution in [3.63, 3.8) is 0 Å². The maximum atomic E-state index is 3.43. The van der Waals surface area contributed by atoms with Gasteiger partial charge in [-0.2, -0.15) is 0 Å². The standard InChI is InChI=1S/C55H40N2/c1-55(2)49-33-36(24-27-46(49)53-44-18-8-6-15-40(44)41-16-7-9-19-45(41)54(53)55)39-26-23-34(38-20-12-21-50-42(38)29-30-56-50)31-47(39)35-25-28-52-48(32-35)43-17-10-11-22-51(43)57(52)37-13-4-3-5-14-37/h3-6,8-15,17-33,56H,7,16H2,1-2H3. The predicted molar refractivity (Wildman–Crippen MR) is 241 cm³/mol. The van der Waals surface area contributed by atoms with Gasteiger partial charge in [0.25, 0.3) is 0 Å². The summed E-state index contributed by atoms with van der Waals surface area (Å²) in [6.45, 7) is 4.88. The zero-order chi connectivity index (χ0) is 37.8. The monoisotopic (exact) mass is 728 g/mol. The molecule has 0 unspecified atom stereocenters. The average molecular weight is 729 g/mol. The third kappa shape index (κ3) is 4.65. The van der Waals surface area contributed by atoms with E-state index in [0.29, 0.717) is 0 Å². The maximum Gasteiger partial charge on any atom is 0.0541 e. The summed E-state index contributed by atoms with van der Waals surface area (Å²) < 4.78 is 2.40. The number of fused-ring (bicyclic) bond motifs is 12. The summed E-state index contributed by atoms with van der Waals surface area (Å²) in [7, 11) is 0. The molecule has 0 amide bonds. The summed E-state index contributed by atoms with van der Waals surface area (Å²) in [5.74, 6) is 0. The minimum absolute atomic E-state index is 0.154. The Morgan fingerprint density at radius 3 is 2.12 bits per heavy atom. The number of aryl methyl sites for hydroxylation is 1. The summed E-state index contributed by atoms with van der Waals surface area (Å²) >= 11 is 0. The molecule has 0 aliphatic heterocycles. The number of allylic oxidation sites excluding steroid dienone is 1. The first-order valence-corrected chi connectivity index (χ1v) is 20.2. The van der Waals surface area contributed by atoms with Gasteiger partial charge >= 0.3 is 0 Å². The normalized spacial score (nSPS) is 14.1. The van der Waals surface area contributed by atoms with Gasteiger partial charge in [0.15, 0.2) is 0 Å². The summed E-state index contributed by atoms with van der Waals surface area (Å²) in [4.78, 5) is 3.43. The molecule has 12 rings (SSSR count). The zero-order valence-electron chi connectivity index (χ0n) is 32.1. The van der Waals surface area contributed by atoms with Crippen LogP contribution in [-0.2, 0) is 11.8 Å². The van der Waals surface area contributed by atoms with Crippen LogP contribution in [0.1, 0.15) is 42.5 Å². The van der Waals surface area contributed by atoms with E-state index in [4.69, 9.17) is 0 Å². The van der Waals surface area contributed by atoms with Crippen molar-refractivity contribution in [2.45, 2.75) is 32.1 Å². The lowest BCUT2D eigenvalue weighted by Gasteiger charge is -2.27. The molecule has 2 aliphatic rings. The number of nitrogens with one attached hydrogen (secondary N) is 1. The number of H-pyrrole nitrogens is 1. The average Bonchev–Trinajstić information content (AvgIpc) is 3.95. The number of rotatable bonds is 4. The zero-order valence-corrected chi connectivity index (χ0v) is 32.1. The van der Waals surface area contributed by atoms with Gasteiger partial charge in [0.1, 0.15) is 0 Å². The summed E-state index contributed by atoms with van der Waals surface area (Å²) in [6.07, 6.45) is 9.02. The third-order valence-electron chi connectivity index (χ3n) is 13.0. The van der Waals surface area contributed by atoms with Crippen LogP contribution in [0.4, 0.5) is 0 Å². The quantitative estimate of drug-likeness (QED) is 0.186. The van der Waals surface area contributed by atoms with E-state index in [9.17, 15) is 0 Å². The highest BCUT2D eigenvalue weighted by Gasteiger charge is 2.40. The molecule has 2 heteroatoms. The Hall–Kier alpha value is -6.90. The van der Waals surface area contributed by atoms with E-state index in [0.717, 1.165) is 18.4 Å². The minimum atomic E-state index is -0.154. The van der Waals surface area contributed by atoms with E-state index < -0.39 is 0 Å². The Morgan fingerprint density at radius 2 is 1.25 bits per heavy atom. The molecule has 270 valence electrons. The second-order valence-electron chi connectivity index (χ2n) is 16.4. The fourth-order valence-corrected chi connectivity index (χ4v) is 10.5. The second-order valence-corrected chi connectivity index (χ2v) is 16.4. The van der Waals surface area contributed by atoms with E-state index in [1.807, 2.05) is 6.20 Å². The second kappa shape index (κ2) is 12.0. The van der Waals surface area contributed by atoms with Crippen molar-refractivity contribution >= 4 is 49.6 Å². The number of hydrogen-bond donors (Lipinski definition) is 1. The molecule has 0 saturated carbocycles. The van der Waals surface area contributed by atoms with Crippen LogP contribution in [-0.4, -0.2) is 9.55 Å². The van der Waals surface area contributed by atoms with E-state index in [1.165, 1.54) is 110 Å². The number of aromatic nitrogens is 2. The molecule has 0 atom stereocenters. The molecule has 0 saturated heterocycles. The van der Waals surface area contributed by atoms with Crippen molar-refractivity contribution in [3.05, 3.63) is 192 Å². The first kappa shape index (κ1) is 32.4. The van der Waals surface area contributed by atoms with Crippen molar-refractivity contribution in [1.82, 2.24) is 9.55 Å². The number of aromatic amines is 1. The fourth-order valence-electron chi connectivity index (χ4n) is 10.5. The van der Waals surface area contributed by atoms with Crippen molar-refractivity contribution < 1.29 is 0 Å². The van der Waals surface area contributed by atoms with E-state index in [1.54, 1.807) is 0 Å². The first-order chi connectivity index (χ1) is 28.0. The van der Waals surface area contributed by atoms with Gasteiger partial charge < -0.3 is 9.55 Å². The Labute approximate surface area is 332 Å². The van der Waals surface area contributed by atoms with Crippen LogP contribution >= 0.6 is 0 Å². The van der Waals surface area contributed by atoms with Gasteiger partial charge in [0.05, 0.1) is 11.0 Å². The molecule has 0 radical (unpaired) electrons. The van der Waals surface area contributed by atoms with Gasteiger partial charge in [-0.3, -0.25) is 0 Å². The Morgan fingerprint density at radius 1 is 0.526 bits per heavy atom. The molecule has 10 aromatic rings. The lowest BCUT2D eigenvalue weighted by Crippen LogP contribution is -2.18. The largest absolute Gasteiger partial charge is 0.361 e. The van der Waals surface area contributed by atoms with Crippen LogP contribution in [0, 0.1) is 0 Å². The molecular weight excluding hydrogens is 689 g/mol. The molecular formula is C55H40N2. The summed E-state index contributed by atoms with van der Waals surface area (Å²) in [5, 5.41) is 6.54. The van der Waals surface area contributed by atoms with E-state index in [-0.39, 0.29) is 5.41 Å². The fraction of sp³-hybridized carbons (Fsp3) is 0.0909. The number of hydrogen-bond acceptors (Lipinski definition) is 0. The number of nitrogens with zero attached hydrogens (tertiary/aromatic N) is 1. The summed E-state index contributed by atoms with van der Waals surface area (Å²) in [5.41, 5.74) is 20.6. The van der Waals surface area contributed by atoms with Crippen molar-refractivity contribution in [1.29, 1.82) is 0 Å². The third-order valence-corrected chi connectivity index (χ3v) is 13.0. The number of benzene rings is 8. The van der Waals surface area contributed by atoms with Crippen LogP contribution in [0.3, 0.4) is 0 Å². The van der Waals surface area contributed by atoms with Crippen LogP contribution in [0.15, 0.2) is 170 Å². The molecule has 2 heterocycles. The van der Waals surface area contributed by atoms with Crippen LogP contribution in [0.2, 0.25) is 0 Å². The van der Waals surface area contributed by atoms with E-state index in [2.05, 4.69) is 193 Å². The van der Waals surface area contributed by atoms with Gasteiger partial charge in [-0.15, -0.1) is 0 Å².